The van der Waals surface area contributed by atoms with Crippen molar-refractivity contribution >= 4 is 5.69 Å². The van der Waals surface area contributed by atoms with Crippen molar-refractivity contribution in [3.8, 4) is 0 Å². The van der Waals surface area contributed by atoms with E-state index in [9.17, 15) is 10.1 Å². The van der Waals surface area contributed by atoms with Crippen molar-refractivity contribution in [3.63, 3.8) is 0 Å². The molecule has 0 aliphatic rings. The van der Waals surface area contributed by atoms with E-state index in [0.717, 1.165) is 0 Å². The maximum absolute atomic E-state index is 10.6. The number of aryl methyl sites for hydroxylation is 1. The normalized spacial score (nSPS) is 12.1. The first-order valence-corrected chi connectivity index (χ1v) is 4.05. The first-order chi connectivity index (χ1) is 6.56. The lowest BCUT2D eigenvalue weighted by Gasteiger charge is -2.05. The quantitative estimate of drug-likeness (QED) is 0.448. The molecule has 1 atom stereocenters. The van der Waals surface area contributed by atoms with Gasteiger partial charge < -0.3 is 5.73 Å². The van der Waals surface area contributed by atoms with E-state index in [4.69, 9.17) is 5.73 Å². The van der Waals surface area contributed by atoms with Crippen LogP contribution in [0.15, 0.2) is 24.9 Å². The van der Waals surface area contributed by atoms with Crippen LogP contribution in [0.2, 0.25) is 0 Å². The van der Waals surface area contributed by atoms with E-state index in [1.165, 1.54) is 18.3 Å². The average molecular weight is 193 g/mol. The zero-order chi connectivity index (χ0) is 10.7. The van der Waals surface area contributed by atoms with E-state index < -0.39 is 11.0 Å². The molecule has 0 saturated carbocycles. The second kappa shape index (κ2) is 3.97. The molecule has 0 amide bonds. The number of nitrogens with two attached hydrogens (primary N) is 1. The summed E-state index contributed by atoms with van der Waals surface area (Å²) < 4.78 is 0. The van der Waals surface area contributed by atoms with Gasteiger partial charge in [0.1, 0.15) is 5.69 Å². The maximum Gasteiger partial charge on any atom is 0.290 e. The third-order valence-corrected chi connectivity index (χ3v) is 1.92. The largest absolute Gasteiger partial charge is 0.321 e. The molecule has 0 unspecified atom stereocenters. The zero-order valence-corrected chi connectivity index (χ0v) is 7.80. The number of aromatic nitrogens is 1. The van der Waals surface area contributed by atoms with Gasteiger partial charge in [-0.1, -0.05) is 6.08 Å². The Morgan fingerprint density at radius 3 is 2.93 bits per heavy atom. The van der Waals surface area contributed by atoms with Crippen molar-refractivity contribution in [1.82, 2.24) is 4.98 Å². The van der Waals surface area contributed by atoms with Crippen molar-refractivity contribution in [2.75, 3.05) is 0 Å². The molecule has 0 bridgehead atoms. The highest BCUT2D eigenvalue weighted by molar-refractivity contribution is 5.39. The minimum Gasteiger partial charge on any atom is -0.321 e. The second-order valence-corrected chi connectivity index (χ2v) is 2.89. The van der Waals surface area contributed by atoms with Crippen molar-refractivity contribution in [1.29, 1.82) is 0 Å². The summed E-state index contributed by atoms with van der Waals surface area (Å²) in [6.07, 6.45) is 3.03. The summed E-state index contributed by atoms with van der Waals surface area (Å²) in [4.78, 5) is 14.0. The van der Waals surface area contributed by atoms with Gasteiger partial charge in [-0.2, -0.15) is 0 Å². The van der Waals surface area contributed by atoms with Gasteiger partial charge in [-0.25, -0.2) is 0 Å². The van der Waals surface area contributed by atoms with Crippen LogP contribution < -0.4 is 5.73 Å². The van der Waals surface area contributed by atoms with Gasteiger partial charge in [-0.15, -0.1) is 6.58 Å². The highest BCUT2D eigenvalue weighted by atomic mass is 16.6. The number of hydrogen-bond acceptors (Lipinski definition) is 4. The molecule has 0 spiro atoms. The Balaban J connectivity index is 3.19. The SMILES string of the molecule is C=C[C@H](N)c1cnc(C)c([N+](=O)[O-])c1. The second-order valence-electron chi connectivity index (χ2n) is 2.89. The smallest absolute Gasteiger partial charge is 0.290 e. The first kappa shape index (κ1) is 10.3. The monoisotopic (exact) mass is 193 g/mol. The molecule has 0 fully saturated rings. The predicted octanol–water partition coefficient (Wildman–Crippen LogP) is 1.48. The van der Waals surface area contributed by atoms with Crippen LogP contribution in [0.5, 0.6) is 0 Å². The Morgan fingerprint density at radius 1 is 1.79 bits per heavy atom. The van der Waals surface area contributed by atoms with Gasteiger partial charge in [0.25, 0.3) is 5.69 Å². The molecule has 1 aromatic heterocycles. The number of nitrogens with zero attached hydrogens (tertiary/aromatic N) is 2. The van der Waals surface area contributed by atoms with Gasteiger partial charge in [0.15, 0.2) is 0 Å². The molecule has 0 saturated heterocycles. The summed E-state index contributed by atoms with van der Waals surface area (Å²) in [5.41, 5.74) is 6.60. The van der Waals surface area contributed by atoms with E-state index in [0.29, 0.717) is 11.3 Å². The van der Waals surface area contributed by atoms with E-state index in [1.807, 2.05) is 0 Å². The molecule has 5 nitrogen and oxygen atoms in total. The standard InChI is InChI=1S/C9H11N3O2/c1-3-8(10)7-4-9(12(13)14)6(2)11-5-7/h3-5,8H,1,10H2,2H3/t8-/m0/s1. The van der Waals surface area contributed by atoms with Gasteiger partial charge in [0.2, 0.25) is 0 Å². The molecule has 1 aromatic rings. The third-order valence-electron chi connectivity index (χ3n) is 1.92. The van der Waals surface area contributed by atoms with Gasteiger partial charge in [-0.05, 0) is 12.5 Å². The van der Waals surface area contributed by atoms with E-state index in [1.54, 1.807) is 6.92 Å². The minimum absolute atomic E-state index is 0.0141. The molecule has 1 heterocycles. The van der Waals surface area contributed by atoms with Crippen LogP contribution in [-0.2, 0) is 0 Å². The summed E-state index contributed by atoms with van der Waals surface area (Å²) in [6.45, 7) is 5.10. The first-order valence-electron chi connectivity index (χ1n) is 4.05. The molecular weight excluding hydrogens is 182 g/mol. The topological polar surface area (TPSA) is 82.0 Å². The van der Waals surface area contributed by atoms with E-state index in [-0.39, 0.29) is 5.69 Å². The third kappa shape index (κ3) is 1.94. The highest BCUT2D eigenvalue weighted by Crippen LogP contribution is 2.20. The Labute approximate surface area is 81.4 Å². The molecule has 5 heteroatoms. The minimum atomic E-state index is -0.471. The van der Waals surface area contributed by atoms with E-state index >= 15 is 0 Å². The summed E-state index contributed by atoms with van der Waals surface area (Å²) in [6, 6.07) is 1.01. The Kier molecular flexibility index (Phi) is 2.93. The number of hydrogen-bond donors (Lipinski definition) is 1. The molecule has 14 heavy (non-hydrogen) atoms. The lowest BCUT2D eigenvalue weighted by Crippen LogP contribution is -2.08. The molecule has 1 rings (SSSR count). The summed E-state index contributed by atoms with van der Waals surface area (Å²) in [7, 11) is 0. The Bertz CT molecular complexity index is 376. The summed E-state index contributed by atoms with van der Waals surface area (Å²) in [5.74, 6) is 0. The fourth-order valence-corrected chi connectivity index (χ4v) is 1.04. The summed E-state index contributed by atoms with van der Waals surface area (Å²) >= 11 is 0. The van der Waals surface area contributed by atoms with Gasteiger partial charge >= 0.3 is 0 Å². The lowest BCUT2D eigenvalue weighted by molar-refractivity contribution is -0.385. The maximum atomic E-state index is 10.6. The molecule has 0 aromatic carbocycles. The fraction of sp³-hybridized carbons (Fsp3) is 0.222. The van der Waals surface area contributed by atoms with Crippen LogP contribution in [0.3, 0.4) is 0 Å². The molecule has 0 aliphatic carbocycles. The van der Waals surface area contributed by atoms with Gasteiger partial charge in [0, 0.05) is 18.3 Å². The number of nitro groups is 1. The van der Waals surface area contributed by atoms with Crippen LogP contribution in [-0.4, -0.2) is 9.91 Å². The molecule has 74 valence electrons. The van der Waals surface area contributed by atoms with Crippen LogP contribution in [0.25, 0.3) is 0 Å². The Hall–Kier alpha value is -1.75. The van der Waals surface area contributed by atoms with E-state index in [2.05, 4.69) is 11.6 Å². The van der Waals surface area contributed by atoms with Crippen LogP contribution in [0.1, 0.15) is 17.3 Å². The van der Waals surface area contributed by atoms with Gasteiger partial charge in [0.05, 0.1) is 4.92 Å². The average Bonchev–Trinajstić information content (AvgIpc) is 2.17. The molecular formula is C9H11N3O2. The van der Waals surface area contributed by atoms with Crippen LogP contribution >= 0.6 is 0 Å². The highest BCUT2D eigenvalue weighted by Gasteiger charge is 2.14. The van der Waals surface area contributed by atoms with Crippen LogP contribution in [0.4, 0.5) is 5.69 Å². The van der Waals surface area contributed by atoms with Crippen molar-refractivity contribution in [3.05, 3.63) is 46.3 Å². The molecule has 0 radical (unpaired) electrons. The van der Waals surface area contributed by atoms with Crippen LogP contribution in [0, 0.1) is 17.0 Å². The van der Waals surface area contributed by atoms with Crippen molar-refractivity contribution < 1.29 is 4.92 Å². The van der Waals surface area contributed by atoms with Gasteiger partial charge in [-0.3, -0.25) is 15.1 Å². The summed E-state index contributed by atoms with van der Waals surface area (Å²) in [5, 5.41) is 10.6. The molecule has 2 N–H and O–H groups in total. The molecule has 0 aliphatic heterocycles. The van der Waals surface area contributed by atoms with Crippen molar-refractivity contribution in [2.45, 2.75) is 13.0 Å². The number of rotatable bonds is 3. The lowest BCUT2D eigenvalue weighted by atomic mass is 10.1. The predicted molar refractivity (Wildman–Crippen MR) is 52.8 cm³/mol. The van der Waals surface area contributed by atoms with Crippen molar-refractivity contribution in [2.24, 2.45) is 5.73 Å². The Morgan fingerprint density at radius 2 is 2.43 bits per heavy atom. The zero-order valence-electron chi connectivity index (χ0n) is 7.80. The fourth-order valence-electron chi connectivity index (χ4n) is 1.04. The number of pyridine rings is 1.